The zero-order chi connectivity index (χ0) is 18.8. The molecule has 4 rings (SSSR count). The molecule has 2 aromatic rings. The molecule has 1 N–H and O–H groups in total. The minimum absolute atomic E-state index is 0.0404. The van der Waals surface area contributed by atoms with E-state index in [1.165, 1.54) is 0 Å². The first-order chi connectivity index (χ1) is 13.1. The Morgan fingerprint density at radius 2 is 2.19 bits per heavy atom. The molecule has 2 aromatic heterocycles. The average Bonchev–Trinajstić information content (AvgIpc) is 3.37. The number of hydrogen-bond acceptors (Lipinski definition) is 5. The Morgan fingerprint density at radius 1 is 1.30 bits per heavy atom. The Morgan fingerprint density at radius 3 is 2.96 bits per heavy atom. The van der Waals surface area contributed by atoms with Crippen LogP contribution in [0, 0.1) is 5.92 Å². The molecule has 1 aliphatic carbocycles. The summed E-state index contributed by atoms with van der Waals surface area (Å²) in [5.41, 5.74) is 2.77. The topological polar surface area (TPSA) is 78.0 Å². The second kappa shape index (κ2) is 7.50. The molecule has 0 bridgehead atoms. The van der Waals surface area contributed by atoms with Crippen LogP contribution in [-0.2, 0) is 4.79 Å². The summed E-state index contributed by atoms with van der Waals surface area (Å²) < 4.78 is 0. The number of aromatic amines is 1. The van der Waals surface area contributed by atoms with E-state index in [4.69, 9.17) is 0 Å². The van der Waals surface area contributed by atoms with E-state index in [1.807, 2.05) is 25.1 Å². The van der Waals surface area contributed by atoms with Gasteiger partial charge in [0.2, 0.25) is 11.9 Å². The van der Waals surface area contributed by atoms with Gasteiger partial charge in [0.25, 0.3) is 0 Å². The zero-order valence-electron chi connectivity index (χ0n) is 15.9. The molecule has 3 heterocycles. The van der Waals surface area contributed by atoms with Crippen LogP contribution in [0.15, 0.2) is 30.6 Å². The van der Waals surface area contributed by atoms with E-state index in [-0.39, 0.29) is 17.9 Å². The van der Waals surface area contributed by atoms with Gasteiger partial charge in [0.05, 0.1) is 23.6 Å². The maximum atomic E-state index is 13.1. The first kappa shape index (κ1) is 17.7. The molecule has 7 nitrogen and oxygen atoms in total. The fraction of sp³-hybridized carbons (Fsp3) is 0.500. The highest BCUT2D eigenvalue weighted by atomic mass is 16.2. The SMILES string of the molecule is CN(C)c1nccc(-c2cn[nH]c2[C@H]2CCCN2C(=O)[C@H]2CC=CCC2)n1. The lowest BCUT2D eigenvalue weighted by Crippen LogP contribution is -2.36. The lowest BCUT2D eigenvalue weighted by Gasteiger charge is -2.29. The van der Waals surface area contributed by atoms with E-state index in [0.717, 1.165) is 55.6 Å². The molecule has 142 valence electrons. The van der Waals surface area contributed by atoms with Crippen LogP contribution >= 0.6 is 0 Å². The second-order valence-corrected chi connectivity index (χ2v) is 7.50. The van der Waals surface area contributed by atoms with E-state index in [9.17, 15) is 4.79 Å². The van der Waals surface area contributed by atoms with Crippen molar-refractivity contribution in [1.29, 1.82) is 0 Å². The van der Waals surface area contributed by atoms with E-state index in [0.29, 0.717) is 5.95 Å². The second-order valence-electron chi connectivity index (χ2n) is 7.50. The summed E-state index contributed by atoms with van der Waals surface area (Å²) in [6.07, 6.45) is 12.7. The monoisotopic (exact) mass is 366 g/mol. The van der Waals surface area contributed by atoms with Gasteiger partial charge in [-0.05, 0) is 38.2 Å². The Bertz CT molecular complexity index is 843. The van der Waals surface area contributed by atoms with Gasteiger partial charge >= 0.3 is 0 Å². The van der Waals surface area contributed by atoms with Crippen molar-refractivity contribution < 1.29 is 4.79 Å². The molecule has 0 radical (unpaired) electrons. The van der Waals surface area contributed by atoms with Crippen LogP contribution in [0.25, 0.3) is 11.3 Å². The molecule has 7 heteroatoms. The number of rotatable bonds is 4. The number of H-pyrrole nitrogens is 1. The number of carbonyl (C=O) groups excluding carboxylic acids is 1. The zero-order valence-corrected chi connectivity index (χ0v) is 15.9. The van der Waals surface area contributed by atoms with Crippen LogP contribution < -0.4 is 4.90 Å². The van der Waals surface area contributed by atoms with Gasteiger partial charge in [-0.1, -0.05) is 12.2 Å². The van der Waals surface area contributed by atoms with Crippen molar-refractivity contribution in [1.82, 2.24) is 25.1 Å². The maximum absolute atomic E-state index is 13.1. The molecule has 1 amide bonds. The maximum Gasteiger partial charge on any atom is 0.226 e. The van der Waals surface area contributed by atoms with Gasteiger partial charge in [0, 0.05) is 38.3 Å². The summed E-state index contributed by atoms with van der Waals surface area (Å²) in [4.78, 5) is 26.0. The number of aromatic nitrogens is 4. The number of amides is 1. The standard InChI is InChI=1S/C20H26N6O/c1-25(2)20-21-11-10-16(23-20)15-13-22-24-18(15)17-9-6-12-26(17)19(27)14-7-4-3-5-8-14/h3-4,10-11,13-14,17H,5-9,12H2,1-2H3,(H,22,24)/t14-,17+/m0/s1. The van der Waals surface area contributed by atoms with Crippen LogP contribution in [0.1, 0.15) is 43.8 Å². The largest absolute Gasteiger partial charge is 0.347 e. The first-order valence-corrected chi connectivity index (χ1v) is 9.64. The molecule has 2 aliphatic rings. The predicted octanol–water partition coefficient (Wildman–Crippen LogP) is 2.95. The molecular formula is C20H26N6O. The Hall–Kier alpha value is -2.70. The summed E-state index contributed by atoms with van der Waals surface area (Å²) in [6.45, 7) is 0.814. The average molecular weight is 366 g/mol. The van der Waals surface area contributed by atoms with Gasteiger partial charge in [-0.15, -0.1) is 0 Å². The molecular weight excluding hydrogens is 340 g/mol. The van der Waals surface area contributed by atoms with E-state index < -0.39 is 0 Å². The molecule has 1 saturated heterocycles. The van der Waals surface area contributed by atoms with Crippen molar-refractivity contribution >= 4 is 11.9 Å². The van der Waals surface area contributed by atoms with Crippen molar-refractivity contribution in [2.24, 2.45) is 5.92 Å². The van der Waals surface area contributed by atoms with Crippen molar-refractivity contribution in [3.63, 3.8) is 0 Å². The van der Waals surface area contributed by atoms with Crippen molar-refractivity contribution in [3.05, 3.63) is 36.3 Å². The van der Waals surface area contributed by atoms with Gasteiger partial charge in [0.15, 0.2) is 0 Å². The molecule has 1 fully saturated rings. The number of hydrogen-bond donors (Lipinski definition) is 1. The van der Waals surface area contributed by atoms with Gasteiger partial charge in [-0.25, -0.2) is 9.97 Å². The number of anilines is 1. The van der Waals surface area contributed by atoms with Crippen LogP contribution in [0.4, 0.5) is 5.95 Å². The van der Waals surface area contributed by atoms with Crippen LogP contribution in [-0.4, -0.2) is 51.6 Å². The fourth-order valence-corrected chi connectivity index (χ4v) is 4.05. The Labute approximate surface area is 159 Å². The molecule has 0 saturated carbocycles. The fourth-order valence-electron chi connectivity index (χ4n) is 4.05. The van der Waals surface area contributed by atoms with Crippen molar-refractivity contribution in [3.8, 4) is 11.3 Å². The molecule has 0 unspecified atom stereocenters. The lowest BCUT2D eigenvalue weighted by atomic mass is 9.92. The van der Waals surface area contributed by atoms with Gasteiger partial charge in [0.1, 0.15) is 0 Å². The normalized spacial score (nSPS) is 22.2. The van der Waals surface area contributed by atoms with Gasteiger partial charge in [-0.3, -0.25) is 9.89 Å². The Balaban J connectivity index is 1.62. The minimum atomic E-state index is 0.0404. The molecule has 0 aromatic carbocycles. The lowest BCUT2D eigenvalue weighted by molar-refractivity contribution is -0.136. The highest BCUT2D eigenvalue weighted by Crippen LogP contribution is 2.38. The van der Waals surface area contributed by atoms with Gasteiger partial charge in [-0.2, -0.15) is 5.10 Å². The Kier molecular flexibility index (Phi) is 4.92. The first-order valence-electron chi connectivity index (χ1n) is 9.64. The molecule has 1 aliphatic heterocycles. The summed E-state index contributed by atoms with van der Waals surface area (Å²) in [5, 5.41) is 7.43. The molecule has 27 heavy (non-hydrogen) atoms. The number of nitrogens with zero attached hydrogens (tertiary/aromatic N) is 5. The third-order valence-electron chi connectivity index (χ3n) is 5.48. The van der Waals surface area contributed by atoms with Crippen molar-refractivity contribution in [2.75, 3.05) is 25.5 Å². The highest BCUT2D eigenvalue weighted by Gasteiger charge is 2.36. The van der Waals surface area contributed by atoms with E-state index in [1.54, 1.807) is 12.4 Å². The quantitative estimate of drug-likeness (QED) is 0.842. The minimum Gasteiger partial charge on any atom is -0.347 e. The number of likely N-dealkylation sites (tertiary alicyclic amines) is 1. The number of carbonyl (C=O) groups is 1. The van der Waals surface area contributed by atoms with Gasteiger partial charge < -0.3 is 9.80 Å². The van der Waals surface area contributed by atoms with E-state index in [2.05, 4.69) is 37.2 Å². The summed E-state index contributed by atoms with van der Waals surface area (Å²) in [6, 6.07) is 1.94. The van der Waals surface area contributed by atoms with Crippen LogP contribution in [0.5, 0.6) is 0 Å². The summed E-state index contributed by atoms with van der Waals surface area (Å²) in [7, 11) is 3.84. The van der Waals surface area contributed by atoms with Crippen LogP contribution in [0.3, 0.4) is 0 Å². The summed E-state index contributed by atoms with van der Waals surface area (Å²) in [5.74, 6) is 1.05. The third kappa shape index (κ3) is 3.46. The molecule has 2 atom stereocenters. The van der Waals surface area contributed by atoms with Crippen LogP contribution in [0.2, 0.25) is 0 Å². The van der Waals surface area contributed by atoms with Crippen molar-refractivity contribution in [2.45, 2.75) is 38.1 Å². The third-order valence-corrected chi connectivity index (χ3v) is 5.48. The number of nitrogens with one attached hydrogen (secondary N) is 1. The molecule has 0 spiro atoms. The highest BCUT2D eigenvalue weighted by molar-refractivity contribution is 5.80. The summed E-state index contributed by atoms with van der Waals surface area (Å²) >= 11 is 0. The predicted molar refractivity (Wildman–Crippen MR) is 104 cm³/mol. The smallest absolute Gasteiger partial charge is 0.226 e. The number of allylic oxidation sites excluding steroid dienone is 2. The van der Waals surface area contributed by atoms with E-state index >= 15 is 0 Å².